The summed E-state index contributed by atoms with van der Waals surface area (Å²) in [6, 6.07) is 13.3. The van der Waals surface area contributed by atoms with Gasteiger partial charge in [-0.1, -0.05) is 55.2 Å². The van der Waals surface area contributed by atoms with Crippen molar-refractivity contribution in [2.45, 2.75) is 19.8 Å². The third-order valence-corrected chi connectivity index (χ3v) is 6.16. The lowest BCUT2D eigenvalue weighted by Gasteiger charge is -2.14. The Bertz CT molecular complexity index is 1030. The van der Waals surface area contributed by atoms with Crippen LogP contribution in [0, 0.1) is 0 Å². The van der Waals surface area contributed by atoms with Gasteiger partial charge in [0.15, 0.2) is 11.5 Å². The molecule has 0 atom stereocenters. The first-order chi connectivity index (χ1) is 14.5. The number of anilines is 1. The Hall–Kier alpha value is -2.84. The molecule has 0 saturated carbocycles. The van der Waals surface area contributed by atoms with Gasteiger partial charge in [0.1, 0.15) is 4.32 Å². The fourth-order valence-electron chi connectivity index (χ4n) is 3.10. The van der Waals surface area contributed by atoms with Crippen molar-refractivity contribution in [3.8, 4) is 11.5 Å². The molecular weight excluding hydrogens is 420 g/mol. The second-order valence-electron chi connectivity index (χ2n) is 6.79. The number of amides is 2. The molecule has 0 aromatic heterocycles. The van der Waals surface area contributed by atoms with Gasteiger partial charge >= 0.3 is 0 Å². The van der Waals surface area contributed by atoms with Crippen molar-refractivity contribution < 1.29 is 19.1 Å². The van der Waals surface area contributed by atoms with Gasteiger partial charge in [0, 0.05) is 24.7 Å². The maximum Gasteiger partial charge on any atom is 0.266 e. The van der Waals surface area contributed by atoms with E-state index < -0.39 is 0 Å². The summed E-state index contributed by atoms with van der Waals surface area (Å²) in [5, 5.41) is 2.81. The van der Waals surface area contributed by atoms with Gasteiger partial charge in [-0.2, -0.15) is 0 Å². The summed E-state index contributed by atoms with van der Waals surface area (Å²) >= 11 is 6.61. The maximum absolute atomic E-state index is 12.7. The van der Waals surface area contributed by atoms with Crippen LogP contribution in [0.2, 0.25) is 0 Å². The number of fused-ring (bicyclic) bond motifs is 1. The summed E-state index contributed by atoms with van der Waals surface area (Å²) in [7, 11) is 0. The van der Waals surface area contributed by atoms with E-state index in [2.05, 4.69) is 12.2 Å². The predicted octanol–water partition coefficient (Wildman–Crippen LogP) is 4.21. The zero-order valence-corrected chi connectivity index (χ0v) is 18.0. The standard InChI is InChI=1S/C22H20N2O4S2/c1-2-14-3-5-15(6-4-14)11-19-21(26)24(22(29)30-19)10-9-20(25)23-16-7-8-17-18(12-16)28-13-27-17/h3-8,11-12H,2,9-10,13H2,1H3,(H,23,25)/b19-11+. The number of aryl methyl sites for hydroxylation is 1. The number of carbonyl (C=O) groups is 2. The highest BCUT2D eigenvalue weighted by atomic mass is 32.2. The molecule has 1 saturated heterocycles. The molecule has 0 unspecified atom stereocenters. The first-order valence-electron chi connectivity index (χ1n) is 9.57. The van der Waals surface area contributed by atoms with Crippen LogP contribution >= 0.6 is 24.0 Å². The van der Waals surface area contributed by atoms with Crippen molar-refractivity contribution in [1.29, 1.82) is 0 Å². The van der Waals surface area contributed by atoms with E-state index in [1.54, 1.807) is 18.2 Å². The van der Waals surface area contributed by atoms with E-state index in [9.17, 15) is 9.59 Å². The molecule has 30 heavy (non-hydrogen) atoms. The average Bonchev–Trinajstić information content (AvgIpc) is 3.31. The lowest BCUT2D eigenvalue weighted by molar-refractivity contribution is -0.122. The number of thiocarbonyl (C=S) groups is 1. The van der Waals surface area contributed by atoms with Gasteiger partial charge in [-0.05, 0) is 35.8 Å². The molecule has 0 spiro atoms. The fourth-order valence-corrected chi connectivity index (χ4v) is 4.41. The summed E-state index contributed by atoms with van der Waals surface area (Å²) in [6.45, 7) is 2.51. The molecule has 2 aromatic rings. The molecular formula is C22H20N2O4S2. The number of hydrogen-bond donors (Lipinski definition) is 1. The molecule has 2 aliphatic rings. The topological polar surface area (TPSA) is 67.9 Å². The zero-order chi connectivity index (χ0) is 21.1. The van der Waals surface area contributed by atoms with Crippen LogP contribution in [0.5, 0.6) is 11.5 Å². The van der Waals surface area contributed by atoms with Gasteiger partial charge in [0.05, 0.1) is 4.91 Å². The molecule has 6 nitrogen and oxygen atoms in total. The quantitative estimate of drug-likeness (QED) is 0.536. The van der Waals surface area contributed by atoms with E-state index in [0.29, 0.717) is 26.4 Å². The summed E-state index contributed by atoms with van der Waals surface area (Å²) in [5.41, 5.74) is 2.81. The average molecular weight is 441 g/mol. The molecule has 0 aliphatic carbocycles. The van der Waals surface area contributed by atoms with Crippen LogP contribution in [-0.4, -0.2) is 34.4 Å². The van der Waals surface area contributed by atoms with E-state index in [0.717, 1.165) is 12.0 Å². The highest BCUT2D eigenvalue weighted by Crippen LogP contribution is 2.35. The van der Waals surface area contributed by atoms with Gasteiger partial charge in [-0.15, -0.1) is 0 Å². The van der Waals surface area contributed by atoms with Crippen molar-refractivity contribution in [2.75, 3.05) is 18.7 Å². The predicted molar refractivity (Wildman–Crippen MR) is 122 cm³/mol. The molecule has 0 radical (unpaired) electrons. The van der Waals surface area contributed by atoms with Crippen molar-refractivity contribution in [1.82, 2.24) is 4.90 Å². The van der Waals surface area contributed by atoms with Crippen molar-refractivity contribution >= 4 is 51.9 Å². The van der Waals surface area contributed by atoms with Crippen LogP contribution in [0.1, 0.15) is 24.5 Å². The van der Waals surface area contributed by atoms with E-state index in [1.807, 2.05) is 30.3 Å². The second-order valence-corrected chi connectivity index (χ2v) is 8.47. The molecule has 4 rings (SSSR count). The highest BCUT2D eigenvalue weighted by Gasteiger charge is 2.32. The number of thioether (sulfide) groups is 1. The van der Waals surface area contributed by atoms with E-state index in [-0.39, 0.29) is 31.6 Å². The Morgan fingerprint density at radius 3 is 2.73 bits per heavy atom. The van der Waals surface area contributed by atoms with Gasteiger partial charge in [0.2, 0.25) is 12.7 Å². The van der Waals surface area contributed by atoms with Crippen molar-refractivity contribution in [3.63, 3.8) is 0 Å². The first kappa shape index (κ1) is 20.4. The summed E-state index contributed by atoms with van der Waals surface area (Å²) < 4.78 is 11.0. The van der Waals surface area contributed by atoms with E-state index in [4.69, 9.17) is 21.7 Å². The minimum atomic E-state index is -0.206. The van der Waals surface area contributed by atoms with Crippen LogP contribution in [0.3, 0.4) is 0 Å². The lowest BCUT2D eigenvalue weighted by atomic mass is 10.1. The Kier molecular flexibility index (Phi) is 6.06. The molecule has 2 amide bonds. The third-order valence-electron chi connectivity index (χ3n) is 4.78. The number of carbonyl (C=O) groups excluding carboxylic acids is 2. The number of benzene rings is 2. The minimum Gasteiger partial charge on any atom is -0.454 e. The van der Waals surface area contributed by atoms with E-state index >= 15 is 0 Å². The van der Waals surface area contributed by atoms with Crippen molar-refractivity contribution in [3.05, 3.63) is 58.5 Å². The molecule has 1 fully saturated rings. The van der Waals surface area contributed by atoms with Crippen LogP contribution in [0.15, 0.2) is 47.4 Å². The zero-order valence-electron chi connectivity index (χ0n) is 16.3. The van der Waals surface area contributed by atoms with Crippen LogP contribution < -0.4 is 14.8 Å². The van der Waals surface area contributed by atoms with Gasteiger partial charge in [-0.25, -0.2) is 0 Å². The van der Waals surface area contributed by atoms with Gasteiger partial charge in [-0.3, -0.25) is 14.5 Å². The minimum absolute atomic E-state index is 0.138. The molecule has 1 N–H and O–H groups in total. The smallest absolute Gasteiger partial charge is 0.266 e. The number of hydrogen-bond acceptors (Lipinski definition) is 6. The molecule has 2 heterocycles. The second kappa shape index (κ2) is 8.89. The Labute approximate surface area is 184 Å². The summed E-state index contributed by atoms with van der Waals surface area (Å²) in [6.07, 6.45) is 2.95. The first-order valence-corrected chi connectivity index (χ1v) is 10.8. The number of nitrogens with one attached hydrogen (secondary N) is 1. The van der Waals surface area contributed by atoms with Gasteiger partial charge in [0.25, 0.3) is 5.91 Å². The SMILES string of the molecule is CCc1ccc(/C=C2/SC(=S)N(CCC(=O)Nc3ccc4c(c3)OCO4)C2=O)cc1. The van der Waals surface area contributed by atoms with Crippen molar-refractivity contribution in [2.24, 2.45) is 0 Å². The monoisotopic (exact) mass is 440 g/mol. The lowest BCUT2D eigenvalue weighted by Crippen LogP contribution is -2.31. The number of ether oxygens (including phenoxy) is 2. The molecule has 8 heteroatoms. The fraction of sp³-hybridized carbons (Fsp3) is 0.227. The summed E-state index contributed by atoms with van der Waals surface area (Å²) in [4.78, 5) is 27.1. The number of rotatable bonds is 6. The maximum atomic E-state index is 12.7. The normalized spacial score (nSPS) is 16.4. The third kappa shape index (κ3) is 4.49. The Morgan fingerprint density at radius 1 is 1.20 bits per heavy atom. The number of nitrogens with zero attached hydrogens (tertiary/aromatic N) is 1. The van der Waals surface area contributed by atoms with Gasteiger partial charge < -0.3 is 14.8 Å². The van der Waals surface area contributed by atoms with Crippen LogP contribution in [0.4, 0.5) is 5.69 Å². The molecule has 2 aliphatic heterocycles. The Morgan fingerprint density at radius 2 is 1.97 bits per heavy atom. The largest absolute Gasteiger partial charge is 0.454 e. The Balaban J connectivity index is 1.35. The van der Waals surface area contributed by atoms with E-state index in [1.165, 1.54) is 22.2 Å². The molecule has 0 bridgehead atoms. The van der Waals surface area contributed by atoms with Crippen LogP contribution in [-0.2, 0) is 16.0 Å². The molecule has 2 aromatic carbocycles. The summed E-state index contributed by atoms with van der Waals surface area (Å²) in [5.74, 6) is 0.881. The highest BCUT2D eigenvalue weighted by molar-refractivity contribution is 8.26. The molecule has 154 valence electrons. The van der Waals surface area contributed by atoms with Crippen LogP contribution in [0.25, 0.3) is 6.08 Å².